The van der Waals surface area contributed by atoms with E-state index in [0.717, 1.165) is 29.8 Å². The highest BCUT2D eigenvalue weighted by atomic mass is 19.1. The summed E-state index contributed by atoms with van der Waals surface area (Å²) in [4.78, 5) is 26.1. The van der Waals surface area contributed by atoms with Crippen molar-refractivity contribution in [2.75, 3.05) is 24.2 Å². The molecule has 27 heavy (non-hydrogen) atoms. The smallest absolute Gasteiger partial charge is 0.241 e. The summed E-state index contributed by atoms with van der Waals surface area (Å²) in [5.41, 5.74) is 1.65. The Morgan fingerprint density at radius 1 is 1.07 bits per heavy atom. The number of nitrogens with zero attached hydrogens (tertiary/aromatic N) is 1. The van der Waals surface area contributed by atoms with Gasteiger partial charge in [0.15, 0.2) is 0 Å². The predicted octanol–water partition coefficient (Wildman–Crippen LogP) is 3.42. The molecule has 0 fully saturated rings. The van der Waals surface area contributed by atoms with E-state index in [2.05, 4.69) is 10.6 Å². The van der Waals surface area contributed by atoms with Crippen LogP contribution in [0.3, 0.4) is 0 Å². The maximum Gasteiger partial charge on any atom is 0.241 e. The predicted molar refractivity (Wildman–Crippen MR) is 102 cm³/mol. The van der Waals surface area contributed by atoms with E-state index >= 15 is 0 Å². The summed E-state index contributed by atoms with van der Waals surface area (Å²) in [6.07, 6.45) is 0.786. The molecule has 2 N–H and O–H groups in total. The summed E-state index contributed by atoms with van der Waals surface area (Å²) in [5.74, 6) is -2.33. The Kier molecular flexibility index (Phi) is 7.01. The van der Waals surface area contributed by atoms with Gasteiger partial charge in [-0.25, -0.2) is 8.78 Å². The van der Waals surface area contributed by atoms with Crippen molar-refractivity contribution in [3.63, 3.8) is 0 Å². The summed E-state index contributed by atoms with van der Waals surface area (Å²) in [6, 6.07) is 9.73. The lowest BCUT2D eigenvalue weighted by Crippen LogP contribution is -2.43. The Bertz CT molecular complexity index is 827. The average molecular weight is 375 g/mol. The highest BCUT2D eigenvalue weighted by molar-refractivity contribution is 5.96. The first-order chi connectivity index (χ1) is 12.8. The van der Waals surface area contributed by atoms with Gasteiger partial charge in [0.25, 0.3) is 0 Å². The summed E-state index contributed by atoms with van der Waals surface area (Å²) in [5, 5.41) is 5.24. The third-order valence-electron chi connectivity index (χ3n) is 4.29. The highest BCUT2D eigenvalue weighted by Gasteiger charge is 2.21. The Hall–Kier alpha value is -2.80. The van der Waals surface area contributed by atoms with Crippen LogP contribution in [-0.2, 0) is 16.0 Å². The molecule has 0 aromatic heterocycles. The van der Waals surface area contributed by atoms with E-state index in [0.29, 0.717) is 6.07 Å². The molecule has 5 nitrogen and oxygen atoms in total. The van der Waals surface area contributed by atoms with E-state index in [-0.39, 0.29) is 18.1 Å². The second-order valence-electron chi connectivity index (χ2n) is 6.26. The van der Waals surface area contributed by atoms with Gasteiger partial charge >= 0.3 is 0 Å². The number of amides is 2. The van der Waals surface area contributed by atoms with Crippen molar-refractivity contribution in [2.45, 2.75) is 26.3 Å². The molecule has 0 radical (unpaired) electrons. The summed E-state index contributed by atoms with van der Waals surface area (Å²) in [6.45, 7) is 3.58. The molecule has 0 aliphatic heterocycles. The molecule has 1 unspecified atom stereocenters. The standard InChI is InChI=1S/C20H23F2N3O2/c1-4-14-7-5-6-8-17(14)23-19(26)12-25(3)13(2)20(27)24-18-10-9-15(21)11-16(18)22/h5-11,13H,4,12H2,1-3H3,(H,23,26)(H,24,27). The van der Waals surface area contributed by atoms with Gasteiger partial charge in [-0.15, -0.1) is 0 Å². The van der Waals surface area contributed by atoms with Crippen LogP contribution < -0.4 is 10.6 Å². The van der Waals surface area contributed by atoms with E-state index in [1.807, 2.05) is 31.2 Å². The monoisotopic (exact) mass is 375 g/mol. The van der Waals surface area contributed by atoms with Gasteiger partial charge < -0.3 is 10.6 Å². The minimum atomic E-state index is -0.855. The molecule has 7 heteroatoms. The topological polar surface area (TPSA) is 61.4 Å². The fourth-order valence-electron chi connectivity index (χ4n) is 2.53. The number of anilines is 2. The number of carbonyl (C=O) groups is 2. The molecule has 2 amide bonds. The van der Waals surface area contributed by atoms with Crippen LogP contribution in [0.25, 0.3) is 0 Å². The molecule has 2 aromatic rings. The minimum absolute atomic E-state index is 0.0153. The largest absolute Gasteiger partial charge is 0.325 e. The lowest BCUT2D eigenvalue weighted by atomic mass is 10.1. The van der Waals surface area contributed by atoms with Crippen LogP contribution >= 0.6 is 0 Å². The number of halogens is 2. The summed E-state index contributed by atoms with van der Waals surface area (Å²) in [7, 11) is 1.62. The second kappa shape index (κ2) is 9.23. The van der Waals surface area contributed by atoms with E-state index in [1.165, 1.54) is 0 Å². The number of nitrogens with one attached hydrogen (secondary N) is 2. The molecule has 2 aromatic carbocycles. The van der Waals surface area contributed by atoms with Gasteiger partial charge in [0.1, 0.15) is 11.6 Å². The van der Waals surface area contributed by atoms with Gasteiger partial charge in [-0.3, -0.25) is 14.5 Å². The number of hydrogen-bond donors (Lipinski definition) is 2. The summed E-state index contributed by atoms with van der Waals surface area (Å²) < 4.78 is 26.6. The zero-order valence-corrected chi connectivity index (χ0v) is 15.6. The lowest BCUT2D eigenvalue weighted by molar-refractivity contribution is -0.122. The third kappa shape index (κ3) is 5.59. The first kappa shape index (κ1) is 20.5. The van der Waals surface area contributed by atoms with Crippen molar-refractivity contribution in [3.05, 3.63) is 59.7 Å². The number of carbonyl (C=O) groups excluding carboxylic acids is 2. The lowest BCUT2D eigenvalue weighted by Gasteiger charge is -2.23. The van der Waals surface area contributed by atoms with Gasteiger partial charge in [-0.05, 0) is 44.2 Å². The molecule has 0 aliphatic carbocycles. The van der Waals surface area contributed by atoms with Gasteiger partial charge in [-0.2, -0.15) is 0 Å². The number of hydrogen-bond acceptors (Lipinski definition) is 3. The molecular weight excluding hydrogens is 352 g/mol. The number of rotatable bonds is 7. The fourth-order valence-corrected chi connectivity index (χ4v) is 2.53. The quantitative estimate of drug-likeness (QED) is 0.780. The zero-order valence-electron chi connectivity index (χ0n) is 15.6. The fraction of sp³-hybridized carbons (Fsp3) is 0.300. The number of aryl methyl sites for hydroxylation is 1. The molecule has 0 heterocycles. The van der Waals surface area contributed by atoms with Gasteiger partial charge in [0.2, 0.25) is 11.8 Å². The number of likely N-dealkylation sites (N-methyl/N-ethyl adjacent to an activating group) is 1. The average Bonchev–Trinajstić information content (AvgIpc) is 2.63. The number of para-hydroxylation sites is 1. The maximum absolute atomic E-state index is 13.7. The van der Waals surface area contributed by atoms with E-state index < -0.39 is 23.6 Å². The molecule has 144 valence electrons. The molecule has 0 bridgehead atoms. The Balaban J connectivity index is 1.94. The van der Waals surface area contributed by atoms with Crippen LogP contribution in [-0.4, -0.2) is 36.3 Å². The van der Waals surface area contributed by atoms with E-state index in [1.54, 1.807) is 18.9 Å². The van der Waals surface area contributed by atoms with Crippen LogP contribution in [0, 0.1) is 11.6 Å². The third-order valence-corrected chi connectivity index (χ3v) is 4.29. The molecule has 0 saturated heterocycles. The minimum Gasteiger partial charge on any atom is -0.325 e. The highest BCUT2D eigenvalue weighted by Crippen LogP contribution is 2.17. The van der Waals surface area contributed by atoms with Crippen molar-refractivity contribution in [1.29, 1.82) is 0 Å². The van der Waals surface area contributed by atoms with E-state index in [9.17, 15) is 18.4 Å². The molecule has 0 aliphatic rings. The van der Waals surface area contributed by atoms with Crippen molar-refractivity contribution < 1.29 is 18.4 Å². The molecule has 0 spiro atoms. The van der Waals surface area contributed by atoms with Crippen LogP contribution in [0.5, 0.6) is 0 Å². The van der Waals surface area contributed by atoms with Crippen LogP contribution in [0.4, 0.5) is 20.2 Å². The van der Waals surface area contributed by atoms with Gasteiger partial charge in [0.05, 0.1) is 18.3 Å². The van der Waals surface area contributed by atoms with Crippen LogP contribution in [0.2, 0.25) is 0 Å². The van der Waals surface area contributed by atoms with Crippen molar-refractivity contribution >= 4 is 23.2 Å². The van der Waals surface area contributed by atoms with Crippen molar-refractivity contribution in [3.8, 4) is 0 Å². The Labute approximate surface area is 157 Å². The SMILES string of the molecule is CCc1ccccc1NC(=O)CN(C)C(C)C(=O)Nc1ccc(F)cc1F. The molecule has 2 rings (SSSR count). The molecule has 1 atom stereocenters. The van der Waals surface area contributed by atoms with Gasteiger partial charge in [0, 0.05) is 11.8 Å². The Morgan fingerprint density at radius 3 is 2.44 bits per heavy atom. The van der Waals surface area contributed by atoms with Crippen LogP contribution in [0.15, 0.2) is 42.5 Å². The number of benzene rings is 2. The van der Waals surface area contributed by atoms with Crippen molar-refractivity contribution in [1.82, 2.24) is 4.90 Å². The molecular formula is C20H23F2N3O2. The zero-order chi connectivity index (χ0) is 20.0. The summed E-state index contributed by atoms with van der Waals surface area (Å²) >= 11 is 0. The maximum atomic E-state index is 13.7. The molecule has 0 saturated carbocycles. The van der Waals surface area contributed by atoms with E-state index in [4.69, 9.17) is 0 Å². The Morgan fingerprint density at radius 2 is 1.78 bits per heavy atom. The first-order valence-corrected chi connectivity index (χ1v) is 8.65. The van der Waals surface area contributed by atoms with Crippen LogP contribution in [0.1, 0.15) is 19.4 Å². The second-order valence-corrected chi connectivity index (χ2v) is 6.26. The first-order valence-electron chi connectivity index (χ1n) is 8.65. The van der Waals surface area contributed by atoms with Crippen molar-refractivity contribution in [2.24, 2.45) is 0 Å². The van der Waals surface area contributed by atoms with Gasteiger partial charge in [-0.1, -0.05) is 25.1 Å². The normalized spacial score (nSPS) is 11.9.